The molecule has 2 unspecified atom stereocenters. The predicted octanol–water partition coefficient (Wildman–Crippen LogP) is 3.61. The molecule has 1 saturated carbocycles. The van der Waals surface area contributed by atoms with Crippen LogP contribution < -0.4 is 10.1 Å². The number of rotatable bonds is 4. The van der Waals surface area contributed by atoms with Gasteiger partial charge in [-0.25, -0.2) is 0 Å². The average Bonchev–Trinajstić information content (AvgIpc) is 2.86. The maximum atomic E-state index is 6.21. The Bertz CT molecular complexity index is 552. The summed E-state index contributed by atoms with van der Waals surface area (Å²) in [6.45, 7) is 1.05. The number of hydrogen-bond donors (Lipinski definition) is 1. The van der Waals surface area contributed by atoms with Crippen molar-refractivity contribution in [3.8, 4) is 5.75 Å². The van der Waals surface area contributed by atoms with Crippen molar-refractivity contribution < 1.29 is 4.74 Å². The van der Waals surface area contributed by atoms with Crippen LogP contribution in [-0.2, 0) is 0 Å². The van der Waals surface area contributed by atoms with Crippen molar-refractivity contribution in [2.45, 2.75) is 25.4 Å². The molecule has 1 N–H and O–H groups in total. The topological polar surface area (TPSA) is 21.3 Å². The van der Waals surface area contributed by atoms with Gasteiger partial charge in [-0.05, 0) is 49.2 Å². The molecule has 1 aliphatic carbocycles. The van der Waals surface area contributed by atoms with E-state index in [4.69, 9.17) is 4.74 Å². The van der Waals surface area contributed by atoms with Gasteiger partial charge < -0.3 is 10.1 Å². The molecule has 2 nitrogen and oxygen atoms in total. The van der Waals surface area contributed by atoms with Crippen LogP contribution in [0.5, 0.6) is 5.75 Å². The fraction of sp³-hybridized carbons (Fsp3) is 0.412. The summed E-state index contributed by atoms with van der Waals surface area (Å²) < 4.78 is 6.21. The van der Waals surface area contributed by atoms with Crippen LogP contribution in [0.4, 0.5) is 0 Å². The van der Waals surface area contributed by atoms with E-state index < -0.39 is 0 Å². The maximum absolute atomic E-state index is 6.21. The lowest BCUT2D eigenvalue weighted by atomic mass is 10.1. The van der Waals surface area contributed by atoms with Crippen LogP contribution in [-0.4, -0.2) is 19.7 Å². The zero-order valence-electron chi connectivity index (χ0n) is 11.4. The summed E-state index contributed by atoms with van der Waals surface area (Å²) in [4.78, 5) is 0. The Labute approximate surface area is 114 Å². The first-order valence-corrected chi connectivity index (χ1v) is 7.17. The van der Waals surface area contributed by atoms with E-state index in [2.05, 4.69) is 47.8 Å². The van der Waals surface area contributed by atoms with Crippen LogP contribution in [0.15, 0.2) is 42.5 Å². The van der Waals surface area contributed by atoms with Gasteiger partial charge in [0.15, 0.2) is 0 Å². The first kappa shape index (κ1) is 12.5. The number of benzene rings is 2. The third kappa shape index (κ3) is 2.74. The highest BCUT2D eigenvalue weighted by Crippen LogP contribution is 2.30. The number of fused-ring (bicyclic) bond motifs is 1. The summed E-state index contributed by atoms with van der Waals surface area (Å²) in [5, 5.41) is 5.80. The second-order valence-corrected chi connectivity index (χ2v) is 5.41. The largest absolute Gasteiger partial charge is 0.490 e. The molecule has 0 spiro atoms. The first-order valence-electron chi connectivity index (χ1n) is 7.17. The quantitative estimate of drug-likeness (QED) is 0.901. The molecular weight excluding hydrogens is 234 g/mol. The van der Waals surface area contributed by atoms with E-state index in [-0.39, 0.29) is 0 Å². The number of ether oxygens (including phenoxy) is 1. The van der Waals surface area contributed by atoms with E-state index in [9.17, 15) is 0 Å². The summed E-state index contributed by atoms with van der Waals surface area (Å²) in [5.74, 6) is 1.66. The Morgan fingerprint density at radius 1 is 1.11 bits per heavy atom. The first-order chi connectivity index (χ1) is 9.36. The van der Waals surface area contributed by atoms with Crippen molar-refractivity contribution in [3.05, 3.63) is 42.5 Å². The minimum absolute atomic E-state index is 0.369. The van der Waals surface area contributed by atoms with Crippen molar-refractivity contribution in [3.63, 3.8) is 0 Å². The van der Waals surface area contributed by atoms with Gasteiger partial charge in [-0.3, -0.25) is 0 Å². The van der Waals surface area contributed by atoms with E-state index >= 15 is 0 Å². The predicted molar refractivity (Wildman–Crippen MR) is 79.6 cm³/mol. The van der Waals surface area contributed by atoms with Crippen molar-refractivity contribution in [1.82, 2.24) is 5.32 Å². The molecule has 2 aromatic carbocycles. The highest BCUT2D eigenvalue weighted by atomic mass is 16.5. The van der Waals surface area contributed by atoms with E-state index in [0.29, 0.717) is 12.0 Å². The van der Waals surface area contributed by atoms with Gasteiger partial charge in [-0.1, -0.05) is 30.3 Å². The van der Waals surface area contributed by atoms with E-state index in [1.54, 1.807) is 0 Å². The van der Waals surface area contributed by atoms with Gasteiger partial charge in [-0.2, -0.15) is 0 Å². The molecular formula is C17H21NO. The normalized spacial score (nSPS) is 22.8. The third-order valence-electron chi connectivity index (χ3n) is 4.06. The monoisotopic (exact) mass is 255 g/mol. The minimum Gasteiger partial charge on any atom is -0.490 e. The second-order valence-electron chi connectivity index (χ2n) is 5.41. The Morgan fingerprint density at radius 2 is 1.95 bits per heavy atom. The summed E-state index contributed by atoms with van der Waals surface area (Å²) in [6, 6.07) is 14.8. The number of hydrogen-bond acceptors (Lipinski definition) is 2. The molecule has 1 fully saturated rings. The molecule has 3 rings (SSSR count). The molecule has 2 heteroatoms. The van der Waals surface area contributed by atoms with E-state index in [0.717, 1.165) is 12.3 Å². The molecule has 100 valence electrons. The molecule has 1 aliphatic rings. The fourth-order valence-corrected chi connectivity index (χ4v) is 3.07. The highest BCUT2D eigenvalue weighted by molar-refractivity contribution is 5.83. The average molecular weight is 255 g/mol. The van der Waals surface area contributed by atoms with Crippen LogP contribution in [0.25, 0.3) is 10.8 Å². The molecule has 2 aromatic rings. The maximum Gasteiger partial charge on any atom is 0.120 e. The van der Waals surface area contributed by atoms with Crippen molar-refractivity contribution in [1.29, 1.82) is 0 Å². The van der Waals surface area contributed by atoms with Gasteiger partial charge in [-0.15, -0.1) is 0 Å². The smallest absolute Gasteiger partial charge is 0.120 e. The lowest BCUT2D eigenvalue weighted by Gasteiger charge is -2.21. The Morgan fingerprint density at radius 3 is 2.79 bits per heavy atom. The van der Waals surface area contributed by atoms with Gasteiger partial charge in [0.05, 0.1) is 0 Å². The van der Waals surface area contributed by atoms with Crippen molar-refractivity contribution in [2.24, 2.45) is 5.92 Å². The summed E-state index contributed by atoms with van der Waals surface area (Å²) in [7, 11) is 2.02. The Hall–Kier alpha value is -1.54. The van der Waals surface area contributed by atoms with Crippen LogP contribution in [0.2, 0.25) is 0 Å². The Balaban J connectivity index is 1.77. The summed E-state index contributed by atoms with van der Waals surface area (Å²) in [6.07, 6.45) is 4.11. The fourth-order valence-electron chi connectivity index (χ4n) is 3.07. The van der Waals surface area contributed by atoms with Crippen molar-refractivity contribution in [2.75, 3.05) is 13.6 Å². The molecule has 0 saturated heterocycles. The lowest BCUT2D eigenvalue weighted by Crippen LogP contribution is -2.29. The van der Waals surface area contributed by atoms with E-state index in [1.165, 1.54) is 30.0 Å². The zero-order valence-corrected chi connectivity index (χ0v) is 11.4. The van der Waals surface area contributed by atoms with Gasteiger partial charge in [0.1, 0.15) is 11.9 Å². The van der Waals surface area contributed by atoms with Gasteiger partial charge in [0.2, 0.25) is 0 Å². The molecule has 0 aromatic heterocycles. The van der Waals surface area contributed by atoms with Gasteiger partial charge >= 0.3 is 0 Å². The molecule has 0 bridgehead atoms. The van der Waals surface area contributed by atoms with Crippen LogP contribution >= 0.6 is 0 Å². The second kappa shape index (κ2) is 5.62. The lowest BCUT2D eigenvalue weighted by molar-refractivity contribution is 0.158. The molecule has 0 heterocycles. The molecule has 19 heavy (non-hydrogen) atoms. The van der Waals surface area contributed by atoms with Gasteiger partial charge in [0.25, 0.3) is 0 Å². The molecule has 2 atom stereocenters. The van der Waals surface area contributed by atoms with Gasteiger partial charge in [0, 0.05) is 12.5 Å². The Kier molecular flexibility index (Phi) is 3.69. The minimum atomic E-state index is 0.369. The SMILES string of the molecule is CNCC1CCCC1Oc1ccc2ccccc2c1. The van der Waals surface area contributed by atoms with Crippen molar-refractivity contribution >= 4 is 10.8 Å². The van der Waals surface area contributed by atoms with Crippen LogP contribution in [0, 0.1) is 5.92 Å². The van der Waals surface area contributed by atoms with Crippen LogP contribution in [0.1, 0.15) is 19.3 Å². The number of nitrogens with one attached hydrogen (secondary N) is 1. The molecule has 0 amide bonds. The molecule has 0 aliphatic heterocycles. The summed E-state index contributed by atoms with van der Waals surface area (Å²) in [5.41, 5.74) is 0. The standard InChI is InChI=1S/C17H21NO/c1-18-12-15-7-4-8-17(15)19-16-10-9-13-5-2-3-6-14(13)11-16/h2-3,5-6,9-11,15,17-18H,4,7-8,12H2,1H3. The molecule has 0 radical (unpaired) electrons. The van der Waals surface area contributed by atoms with E-state index in [1.807, 2.05) is 7.05 Å². The third-order valence-corrected chi connectivity index (χ3v) is 4.06. The zero-order chi connectivity index (χ0) is 13.1. The highest BCUT2D eigenvalue weighted by Gasteiger charge is 2.28. The van der Waals surface area contributed by atoms with Crippen LogP contribution in [0.3, 0.4) is 0 Å². The summed E-state index contributed by atoms with van der Waals surface area (Å²) >= 11 is 0.